The van der Waals surface area contributed by atoms with Crippen molar-refractivity contribution in [3.05, 3.63) is 35.6 Å². The van der Waals surface area contributed by atoms with Crippen LogP contribution in [0.4, 0.5) is 4.39 Å². The van der Waals surface area contributed by atoms with Gasteiger partial charge in [-0.2, -0.15) is 0 Å². The number of hydrogen-bond acceptors (Lipinski definition) is 1. The van der Waals surface area contributed by atoms with Gasteiger partial charge < -0.3 is 5.32 Å². The largest absolute Gasteiger partial charge is 0.313 e. The highest BCUT2D eigenvalue weighted by atomic mass is 19.1. The first-order valence-electron chi connectivity index (χ1n) is 8.77. The van der Waals surface area contributed by atoms with Gasteiger partial charge in [-0.05, 0) is 79.9 Å². The molecule has 0 heterocycles. The van der Waals surface area contributed by atoms with Crippen LogP contribution in [0.1, 0.15) is 56.4 Å². The number of benzene rings is 1. The second-order valence-electron chi connectivity index (χ2n) is 7.61. The van der Waals surface area contributed by atoms with Crippen molar-refractivity contribution >= 4 is 0 Å². The first-order valence-corrected chi connectivity index (χ1v) is 8.77. The lowest BCUT2D eigenvalue weighted by Crippen LogP contribution is -2.26. The molecule has 4 rings (SSSR count). The van der Waals surface area contributed by atoms with E-state index in [1.54, 1.807) is 12.1 Å². The highest BCUT2D eigenvalue weighted by molar-refractivity contribution is 5.21. The molecule has 3 fully saturated rings. The molecule has 3 saturated carbocycles. The van der Waals surface area contributed by atoms with E-state index < -0.39 is 0 Å². The van der Waals surface area contributed by atoms with Crippen molar-refractivity contribution in [3.8, 4) is 0 Å². The molecule has 4 atom stereocenters. The predicted molar refractivity (Wildman–Crippen MR) is 83.7 cm³/mol. The highest BCUT2D eigenvalue weighted by Crippen LogP contribution is 2.51. The molecule has 3 aliphatic rings. The molecule has 21 heavy (non-hydrogen) atoms. The minimum absolute atomic E-state index is 0.0862. The zero-order valence-electron chi connectivity index (χ0n) is 12.7. The van der Waals surface area contributed by atoms with Gasteiger partial charge in [-0.15, -0.1) is 0 Å². The zero-order chi connectivity index (χ0) is 14.2. The molecule has 114 valence electrons. The average Bonchev–Trinajstić information content (AvgIpc) is 3.08. The topological polar surface area (TPSA) is 12.0 Å². The van der Waals surface area contributed by atoms with Crippen LogP contribution < -0.4 is 5.32 Å². The third-order valence-electron chi connectivity index (χ3n) is 6.02. The first-order chi connectivity index (χ1) is 10.3. The van der Waals surface area contributed by atoms with Gasteiger partial charge in [0.1, 0.15) is 5.82 Å². The molecule has 0 saturated heterocycles. The average molecular weight is 287 g/mol. The summed E-state index contributed by atoms with van der Waals surface area (Å²) in [6.45, 7) is 1.03. The lowest BCUT2D eigenvalue weighted by molar-refractivity contribution is 0.291. The molecule has 1 aromatic rings. The Bertz CT molecular complexity index is 496. The Morgan fingerprint density at radius 2 is 2.05 bits per heavy atom. The standard InChI is InChI=1S/C19H26FN/c20-18-3-1-2-14(11-18)17(12-21-19-6-7-19)10-16-9-13-4-5-15(16)8-13/h1-3,11,13,15-17,19,21H,4-10,12H2. The number of fused-ring (bicyclic) bond motifs is 2. The summed E-state index contributed by atoms with van der Waals surface area (Å²) >= 11 is 0. The summed E-state index contributed by atoms with van der Waals surface area (Å²) in [7, 11) is 0. The molecule has 2 heteroatoms. The predicted octanol–water partition coefficient (Wildman–Crippen LogP) is 4.49. The molecule has 4 unspecified atom stereocenters. The molecule has 0 aliphatic heterocycles. The lowest BCUT2D eigenvalue weighted by Gasteiger charge is -2.27. The van der Waals surface area contributed by atoms with Crippen LogP contribution >= 0.6 is 0 Å². The van der Waals surface area contributed by atoms with E-state index in [4.69, 9.17) is 0 Å². The minimum atomic E-state index is -0.0862. The summed E-state index contributed by atoms with van der Waals surface area (Å²) in [5, 5.41) is 3.67. The van der Waals surface area contributed by atoms with Crippen molar-refractivity contribution in [3.63, 3.8) is 0 Å². The highest BCUT2D eigenvalue weighted by Gasteiger charge is 2.40. The van der Waals surface area contributed by atoms with Gasteiger partial charge in [0.25, 0.3) is 0 Å². The van der Waals surface area contributed by atoms with Crippen LogP contribution in [0, 0.1) is 23.6 Å². The van der Waals surface area contributed by atoms with Crippen LogP contribution in [0.25, 0.3) is 0 Å². The minimum Gasteiger partial charge on any atom is -0.313 e. The molecule has 1 N–H and O–H groups in total. The van der Waals surface area contributed by atoms with Crippen molar-refractivity contribution in [2.75, 3.05) is 6.54 Å². The van der Waals surface area contributed by atoms with Gasteiger partial charge in [0.05, 0.1) is 0 Å². The van der Waals surface area contributed by atoms with E-state index in [0.717, 1.165) is 30.3 Å². The van der Waals surface area contributed by atoms with E-state index in [1.807, 2.05) is 6.07 Å². The van der Waals surface area contributed by atoms with Crippen LogP contribution in [0.15, 0.2) is 24.3 Å². The monoisotopic (exact) mass is 287 g/mol. The van der Waals surface area contributed by atoms with E-state index in [9.17, 15) is 4.39 Å². The fraction of sp³-hybridized carbons (Fsp3) is 0.684. The van der Waals surface area contributed by atoms with E-state index in [2.05, 4.69) is 11.4 Å². The molecule has 0 amide bonds. The second kappa shape index (κ2) is 5.72. The Kier molecular flexibility index (Phi) is 3.74. The zero-order valence-corrected chi connectivity index (χ0v) is 12.7. The van der Waals surface area contributed by atoms with Crippen molar-refractivity contribution in [1.29, 1.82) is 0 Å². The maximum atomic E-state index is 13.6. The summed E-state index contributed by atoms with van der Waals surface area (Å²) < 4.78 is 13.6. The first kappa shape index (κ1) is 13.8. The van der Waals surface area contributed by atoms with Gasteiger partial charge in [-0.25, -0.2) is 4.39 Å². The Morgan fingerprint density at radius 1 is 1.14 bits per heavy atom. The van der Waals surface area contributed by atoms with Gasteiger partial charge in [0, 0.05) is 12.6 Å². The van der Waals surface area contributed by atoms with Crippen LogP contribution in [0.2, 0.25) is 0 Å². The molecular weight excluding hydrogens is 261 g/mol. The van der Waals surface area contributed by atoms with E-state index in [-0.39, 0.29) is 5.82 Å². The Labute approximate surface area is 127 Å². The second-order valence-corrected chi connectivity index (χ2v) is 7.61. The van der Waals surface area contributed by atoms with Crippen LogP contribution in [-0.2, 0) is 0 Å². The van der Waals surface area contributed by atoms with E-state index >= 15 is 0 Å². The Balaban J connectivity index is 1.46. The number of halogens is 1. The Hall–Kier alpha value is -0.890. The fourth-order valence-electron chi connectivity index (χ4n) is 4.72. The van der Waals surface area contributed by atoms with Gasteiger partial charge in [-0.3, -0.25) is 0 Å². The summed E-state index contributed by atoms with van der Waals surface area (Å²) in [4.78, 5) is 0. The maximum absolute atomic E-state index is 13.6. The summed E-state index contributed by atoms with van der Waals surface area (Å²) in [6, 6.07) is 8.05. The van der Waals surface area contributed by atoms with Crippen molar-refractivity contribution < 1.29 is 4.39 Å². The molecule has 1 aromatic carbocycles. The number of hydrogen-bond donors (Lipinski definition) is 1. The molecule has 3 aliphatic carbocycles. The normalized spacial score (nSPS) is 32.5. The Morgan fingerprint density at radius 3 is 2.71 bits per heavy atom. The molecule has 0 radical (unpaired) electrons. The lowest BCUT2D eigenvalue weighted by atomic mass is 9.80. The fourth-order valence-corrected chi connectivity index (χ4v) is 4.72. The van der Waals surface area contributed by atoms with Gasteiger partial charge in [0.15, 0.2) is 0 Å². The SMILES string of the molecule is Fc1cccc(C(CNC2CC2)CC2CC3CCC2C3)c1. The van der Waals surface area contributed by atoms with Crippen LogP contribution in [0.3, 0.4) is 0 Å². The van der Waals surface area contributed by atoms with E-state index in [1.165, 1.54) is 50.5 Å². The van der Waals surface area contributed by atoms with Crippen molar-refractivity contribution in [2.24, 2.45) is 17.8 Å². The molecular formula is C19H26FN. The molecule has 0 spiro atoms. The maximum Gasteiger partial charge on any atom is 0.123 e. The molecule has 2 bridgehead atoms. The third-order valence-corrected chi connectivity index (χ3v) is 6.02. The summed E-state index contributed by atoms with van der Waals surface area (Å²) in [5.41, 5.74) is 1.20. The quantitative estimate of drug-likeness (QED) is 0.813. The third kappa shape index (κ3) is 3.15. The van der Waals surface area contributed by atoms with Crippen LogP contribution in [0.5, 0.6) is 0 Å². The van der Waals surface area contributed by atoms with Gasteiger partial charge in [-0.1, -0.05) is 18.6 Å². The number of rotatable bonds is 6. The smallest absolute Gasteiger partial charge is 0.123 e. The molecule has 0 aromatic heterocycles. The summed E-state index contributed by atoms with van der Waals surface area (Å²) in [6.07, 6.45) is 9.71. The van der Waals surface area contributed by atoms with Crippen molar-refractivity contribution in [1.82, 2.24) is 5.32 Å². The molecule has 1 nitrogen and oxygen atoms in total. The van der Waals surface area contributed by atoms with Crippen LogP contribution in [-0.4, -0.2) is 12.6 Å². The van der Waals surface area contributed by atoms with E-state index in [0.29, 0.717) is 5.92 Å². The van der Waals surface area contributed by atoms with Crippen molar-refractivity contribution in [2.45, 2.75) is 56.9 Å². The number of nitrogens with one attached hydrogen (secondary N) is 1. The van der Waals surface area contributed by atoms with Gasteiger partial charge in [0.2, 0.25) is 0 Å². The summed E-state index contributed by atoms with van der Waals surface area (Å²) in [5.74, 6) is 3.26. The van der Waals surface area contributed by atoms with Gasteiger partial charge >= 0.3 is 0 Å².